The number of unbranched alkanes of at least 4 members (excludes halogenated alkanes) is 5. The first-order valence-corrected chi connectivity index (χ1v) is 9.13. The highest BCUT2D eigenvalue weighted by Crippen LogP contribution is 2.21. The third-order valence-electron chi connectivity index (χ3n) is 4.00. The van der Waals surface area contributed by atoms with Crippen molar-refractivity contribution in [1.82, 2.24) is 0 Å². The first kappa shape index (κ1) is 20.3. The summed E-state index contributed by atoms with van der Waals surface area (Å²) < 4.78 is 11.6. The molecule has 3 heteroatoms. The Morgan fingerprint density at radius 1 is 1.17 bits per heavy atom. The molecule has 0 aromatic heterocycles. The predicted octanol–water partition coefficient (Wildman–Crippen LogP) is 6.20. The van der Waals surface area contributed by atoms with E-state index in [1.807, 2.05) is 38.1 Å². The lowest BCUT2D eigenvalue weighted by Gasteiger charge is -2.19. The fraction of sp³-hybridized carbons (Fsp3) is 0.571. The van der Waals surface area contributed by atoms with Gasteiger partial charge in [-0.15, -0.1) is 0 Å². The summed E-state index contributed by atoms with van der Waals surface area (Å²) in [5.41, 5.74) is 1.67. The smallest absolute Gasteiger partial charge is 0.240 e. The van der Waals surface area contributed by atoms with Gasteiger partial charge in [-0.25, -0.2) is 0 Å². The highest BCUT2D eigenvalue weighted by molar-refractivity contribution is 5.95. The molecule has 0 fully saturated rings. The van der Waals surface area contributed by atoms with Gasteiger partial charge in [-0.05, 0) is 51.0 Å². The summed E-state index contributed by atoms with van der Waals surface area (Å²) in [6.45, 7) is 7.67. The number of benzene rings is 1. The molecule has 1 rings (SSSR count). The van der Waals surface area contributed by atoms with Crippen molar-refractivity contribution >= 4 is 5.78 Å². The van der Waals surface area contributed by atoms with Gasteiger partial charge in [-0.3, -0.25) is 4.79 Å². The Hall–Kier alpha value is -1.77. The van der Waals surface area contributed by atoms with Crippen molar-refractivity contribution < 1.29 is 14.3 Å². The van der Waals surface area contributed by atoms with Gasteiger partial charge in [-0.1, -0.05) is 45.1 Å². The number of Topliss-reactive ketones (excluding diaryl/α,β-unsaturated/α-hetero) is 1. The molecule has 1 atom stereocenters. The molecule has 1 aromatic carbocycles. The van der Waals surface area contributed by atoms with Crippen molar-refractivity contribution in [2.24, 2.45) is 0 Å². The first-order valence-electron chi connectivity index (χ1n) is 9.13. The minimum atomic E-state index is -0.282. The third-order valence-corrected chi connectivity index (χ3v) is 4.00. The van der Waals surface area contributed by atoms with E-state index in [1.54, 1.807) is 13.2 Å². The van der Waals surface area contributed by atoms with Crippen LogP contribution in [0.1, 0.15) is 81.6 Å². The number of rotatable bonds is 12. The quantitative estimate of drug-likeness (QED) is 0.198. The zero-order valence-electron chi connectivity index (χ0n) is 15.6. The van der Waals surface area contributed by atoms with Crippen LogP contribution in [-0.2, 0) is 4.74 Å². The Balaban J connectivity index is 2.55. The summed E-state index contributed by atoms with van der Waals surface area (Å²) >= 11 is 0. The molecule has 0 saturated heterocycles. The molecule has 134 valence electrons. The van der Waals surface area contributed by atoms with Crippen molar-refractivity contribution in [3.63, 3.8) is 0 Å². The zero-order chi connectivity index (χ0) is 17.8. The van der Waals surface area contributed by atoms with Crippen LogP contribution in [-0.4, -0.2) is 12.1 Å². The molecule has 1 unspecified atom stereocenters. The van der Waals surface area contributed by atoms with E-state index in [4.69, 9.17) is 9.47 Å². The fourth-order valence-corrected chi connectivity index (χ4v) is 2.67. The Labute approximate surface area is 147 Å². The lowest BCUT2D eigenvalue weighted by Crippen LogP contribution is -2.18. The largest absolute Gasteiger partial charge is 0.463 e. The van der Waals surface area contributed by atoms with Gasteiger partial charge in [0.1, 0.15) is 5.75 Å². The van der Waals surface area contributed by atoms with Crippen LogP contribution in [0.4, 0.5) is 0 Å². The molecular formula is C21H32O3. The summed E-state index contributed by atoms with van der Waals surface area (Å²) in [5, 5.41) is 0. The van der Waals surface area contributed by atoms with Gasteiger partial charge in [0.25, 0.3) is 0 Å². The SMILES string of the molecule is CC=COC(CCCCCCCC)Oc1ccc(C(C)=O)c(C)c1. The van der Waals surface area contributed by atoms with E-state index in [9.17, 15) is 4.79 Å². The highest BCUT2D eigenvalue weighted by Gasteiger charge is 2.12. The van der Waals surface area contributed by atoms with Crippen LogP contribution in [0.2, 0.25) is 0 Å². The molecule has 0 N–H and O–H groups in total. The molecule has 0 bridgehead atoms. The Kier molecular flexibility index (Phi) is 9.90. The molecule has 0 aliphatic heterocycles. The van der Waals surface area contributed by atoms with Crippen molar-refractivity contribution in [2.45, 2.75) is 78.9 Å². The van der Waals surface area contributed by atoms with Gasteiger partial charge in [0.15, 0.2) is 5.78 Å². The van der Waals surface area contributed by atoms with Crippen molar-refractivity contribution in [2.75, 3.05) is 0 Å². The second-order valence-electron chi connectivity index (χ2n) is 6.24. The van der Waals surface area contributed by atoms with E-state index in [1.165, 1.54) is 32.1 Å². The Morgan fingerprint density at radius 2 is 1.88 bits per heavy atom. The summed E-state index contributed by atoms with van der Waals surface area (Å²) in [5.74, 6) is 0.825. The van der Waals surface area contributed by atoms with Crippen LogP contribution in [0, 0.1) is 6.92 Å². The molecule has 3 nitrogen and oxygen atoms in total. The zero-order valence-corrected chi connectivity index (χ0v) is 15.6. The topological polar surface area (TPSA) is 35.5 Å². The highest BCUT2D eigenvalue weighted by atomic mass is 16.7. The van der Waals surface area contributed by atoms with E-state index in [-0.39, 0.29) is 12.1 Å². The standard InChI is InChI=1S/C21H32O3/c1-5-7-8-9-10-11-12-21(23-15-6-2)24-19-13-14-20(18(4)22)17(3)16-19/h6,13-16,21H,5,7-12H2,1-4H3. The summed E-state index contributed by atoms with van der Waals surface area (Å²) in [6.07, 6.45) is 11.6. The number of carbonyl (C=O) groups excluding carboxylic acids is 1. The van der Waals surface area contributed by atoms with Gasteiger partial charge in [0.05, 0.1) is 6.26 Å². The van der Waals surface area contributed by atoms with E-state index < -0.39 is 0 Å². The van der Waals surface area contributed by atoms with Crippen LogP contribution < -0.4 is 4.74 Å². The summed E-state index contributed by atoms with van der Waals surface area (Å²) in [4.78, 5) is 11.5. The molecule has 0 saturated carbocycles. The van der Waals surface area contributed by atoms with Gasteiger partial charge < -0.3 is 9.47 Å². The monoisotopic (exact) mass is 332 g/mol. The van der Waals surface area contributed by atoms with E-state index in [0.29, 0.717) is 0 Å². The molecule has 0 heterocycles. The number of hydrogen-bond donors (Lipinski definition) is 0. The maximum atomic E-state index is 11.5. The van der Waals surface area contributed by atoms with Gasteiger partial charge in [-0.2, -0.15) is 0 Å². The van der Waals surface area contributed by atoms with Crippen LogP contribution in [0.3, 0.4) is 0 Å². The maximum absolute atomic E-state index is 11.5. The predicted molar refractivity (Wildman–Crippen MR) is 99.5 cm³/mol. The van der Waals surface area contributed by atoms with E-state index in [2.05, 4.69) is 6.92 Å². The molecule has 24 heavy (non-hydrogen) atoms. The minimum Gasteiger partial charge on any atom is -0.463 e. The van der Waals surface area contributed by atoms with E-state index in [0.717, 1.165) is 29.7 Å². The van der Waals surface area contributed by atoms with Crippen LogP contribution >= 0.6 is 0 Å². The minimum absolute atomic E-state index is 0.0767. The van der Waals surface area contributed by atoms with Crippen molar-refractivity contribution in [1.29, 1.82) is 0 Å². The Morgan fingerprint density at radius 3 is 2.50 bits per heavy atom. The van der Waals surface area contributed by atoms with Gasteiger partial charge in [0, 0.05) is 12.0 Å². The lowest BCUT2D eigenvalue weighted by atomic mass is 10.1. The second kappa shape index (κ2) is 11.7. The molecule has 0 spiro atoms. The second-order valence-corrected chi connectivity index (χ2v) is 6.24. The molecule has 0 amide bonds. The average molecular weight is 332 g/mol. The normalized spacial score (nSPS) is 12.3. The summed E-state index contributed by atoms with van der Waals surface area (Å²) in [6, 6.07) is 5.57. The van der Waals surface area contributed by atoms with Crippen LogP contribution in [0.25, 0.3) is 0 Å². The van der Waals surface area contributed by atoms with Crippen molar-refractivity contribution in [3.8, 4) is 5.75 Å². The third kappa shape index (κ3) is 7.67. The molecule has 0 radical (unpaired) electrons. The van der Waals surface area contributed by atoms with Gasteiger partial charge in [0.2, 0.25) is 6.29 Å². The number of ketones is 1. The van der Waals surface area contributed by atoms with Crippen LogP contribution in [0.5, 0.6) is 5.75 Å². The number of aryl methyl sites for hydroxylation is 1. The van der Waals surface area contributed by atoms with Crippen molar-refractivity contribution in [3.05, 3.63) is 41.7 Å². The number of allylic oxidation sites excluding steroid dienone is 1. The number of carbonyl (C=O) groups is 1. The average Bonchev–Trinajstić information content (AvgIpc) is 2.55. The molecular weight excluding hydrogens is 300 g/mol. The fourth-order valence-electron chi connectivity index (χ4n) is 2.67. The summed E-state index contributed by atoms with van der Waals surface area (Å²) in [7, 11) is 0. The molecule has 0 aliphatic rings. The first-order chi connectivity index (χ1) is 11.6. The lowest BCUT2D eigenvalue weighted by molar-refractivity contribution is -0.0365. The molecule has 1 aromatic rings. The van der Waals surface area contributed by atoms with E-state index >= 15 is 0 Å². The van der Waals surface area contributed by atoms with Gasteiger partial charge >= 0.3 is 0 Å². The van der Waals surface area contributed by atoms with Crippen LogP contribution in [0.15, 0.2) is 30.5 Å². The Bertz CT molecular complexity index is 520. The number of ether oxygens (including phenoxy) is 2. The maximum Gasteiger partial charge on any atom is 0.240 e. The molecule has 0 aliphatic carbocycles. The number of hydrogen-bond acceptors (Lipinski definition) is 3.